The Morgan fingerprint density at radius 3 is 3.00 bits per heavy atom. The summed E-state index contributed by atoms with van der Waals surface area (Å²) in [5.41, 5.74) is 2.04. The first kappa shape index (κ1) is 11.7. The molecule has 0 spiro atoms. The Labute approximate surface area is 114 Å². The molecule has 0 fully saturated rings. The highest BCUT2D eigenvalue weighted by Gasteiger charge is 2.07. The monoisotopic (exact) mass is 271 g/mol. The topological polar surface area (TPSA) is 46.4 Å². The average Bonchev–Trinajstić information content (AvgIpc) is 2.85. The van der Waals surface area contributed by atoms with Crippen LogP contribution in [0.1, 0.15) is 10.4 Å². The second kappa shape index (κ2) is 4.74. The second-order valence-corrected chi connectivity index (χ2v) is 4.51. The number of imidazole rings is 1. The second-order valence-electron chi connectivity index (χ2n) is 4.07. The van der Waals surface area contributed by atoms with Crippen LogP contribution < -0.4 is 5.32 Å². The van der Waals surface area contributed by atoms with Crippen molar-refractivity contribution in [3.63, 3.8) is 0 Å². The number of amides is 1. The first-order chi connectivity index (χ1) is 9.22. The van der Waals surface area contributed by atoms with Gasteiger partial charge in [-0.15, -0.1) is 0 Å². The standard InChI is InChI=1S/C14H10ClN3O/c15-11-2-1-3-12(8-11)17-14(19)10-4-5-13-16-6-7-18(13)9-10/h1-9H,(H,17,19). The summed E-state index contributed by atoms with van der Waals surface area (Å²) in [5, 5.41) is 3.38. The normalized spacial score (nSPS) is 10.6. The van der Waals surface area contributed by atoms with E-state index in [1.807, 2.05) is 0 Å². The van der Waals surface area contributed by atoms with Crippen molar-refractivity contribution < 1.29 is 4.79 Å². The van der Waals surface area contributed by atoms with Gasteiger partial charge in [-0.2, -0.15) is 0 Å². The Balaban J connectivity index is 1.87. The molecule has 94 valence electrons. The lowest BCUT2D eigenvalue weighted by Gasteiger charge is -2.06. The third kappa shape index (κ3) is 2.44. The van der Waals surface area contributed by atoms with Crippen LogP contribution in [0.5, 0.6) is 0 Å². The summed E-state index contributed by atoms with van der Waals surface area (Å²) >= 11 is 5.87. The van der Waals surface area contributed by atoms with Crippen molar-refractivity contribution in [2.75, 3.05) is 5.32 Å². The van der Waals surface area contributed by atoms with E-state index in [1.165, 1.54) is 0 Å². The molecule has 0 radical (unpaired) electrons. The molecule has 3 rings (SSSR count). The van der Waals surface area contributed by atoms with Crippen molar-refractivity contribution in [1.82, 2.24) is 9.38 Å². The lowest BCUT2D eigenvalue weighted by Crippen LogP contribution is -2.12. The van der Waals surface area contributed by atoms with E-state index >= 15 is 0 Å². The summed E-state index contributed by atoms with van der Waals surface area (Å²) < 4.78 is 1.80. The Morgan fingerprint density at radius 1 is 1.26 bits per heavy atom. The third-order valence-corrected chi connectivity index (χ3v) is 2.97. The minimum Gasteiger partial charge on any atom is -0.322 e. The largest absolute Gasteiger partial charge is 0.322 e. The number of rotatable bonds is 2. The van der Waals surface area contributed by atoms with E-state index in [2.05, 4.69) is 10.3 Å². The quantitative estimate of drug-likeness (QED) is 0.778. The highest BCUT2D eigenvalue weighted by atomic mass is 35.5. The zero-order valence-corrected chi connectivity index (χ0v) is 10.6. The molecule has 3 aromatic rings. The molecule has 1 aromatic carbocycles. The smallest absolute Gasteiger partial charge is 0.257 e. The van der Waals surface area contributed by atoms with Crippen LogP contribution in [0.15, 0.2) is 55.0 Å². The van der Waals surface area contributed by atoms with Crippen molar-refractivity contribution >= 4 is 28.8 Å². The van der Waals surface area contributed by atoms with Crippen LogP contribution >= 0.6 is 11.6 Å². The zero-order chi connectivity index (χ0) is 13.2. The molecule has 0 unspecified atom stereocenters. The van der Waals surface area contributed by atoms with E-state index in [0.29, 0.717) is 16.3 Å². The third-order valence-electron chi connectivity index (χ3n) is 2.73. The Hall–Kier alpha value is -2.33. The fourth-order valence-electron chi connectivity index (χ4n) is 1.82. The number of hydrogen-bond donors (Lipinski definition) is 1. The van der Waals surface area contributed by atoms with Gasteiger partial charge in [-0.05, 0) is 30.3 Å². The van der Waals surface area contributed by atoms with E-state index in [9.17, 15) is 4.79 Å². The molecule has 0 aliphatic carbocycles. The molecule has 0 saturated carbocycles. The Morgan fingerprint density at radius 2 is 2.16 bits per heavy atom. The van der Waals surface area contributed by atoms with Crippen LogP contribution in [0.4, 0.5) is 5.69 Å². The average molecular weight is 272 g/mol. The van der Waals surface area contributed by atoms with Gasteiger partial charge >= 0.3 is 0 Å². The van der Waals surface area contributed by atoms with Gasteiger partial charge in [0.05, 0.1) is 5.56 Å². The summed E-state index contributed by atoms with van der Waals surface area (Å²) in [6.45, 7) is 0. The molecule has 2 heterocycles. The van der Waals surface area contributed by atoms with Gasteiger partial charge in [0.15, 0.2) is 0 Å². The minimum absolute atomic E-state index is 0.183. The Bertz CT molecular complexity index is 751. The predicted octanol–water partition coefficient (Wildman–Crippen LogP) is 3.24. The lowest BCUT2D eigenvalue weighted by atomic mass is 10.2. The van der Waals surface area contributed by atoms with Crippen molar-refractivity contribution in [3.8, 4) is 0 Å². The van der Waals surface area contributed by atoms with Gasteiger partial charge in [-0.25, -0.2) is 4.98 Å². The summed E-state index contributed by atoms with van der Waals surface area (Å²) in [4.78, 5) is 16.2. The summed E-state index contributed by atoms with van der Waals surface area (Å²) in [6, 6.07) is 10.6. The van der Waals surface area contributed by atoms with Crippen molar-refractivity contribution in [2.24, 2.45) is 0 Å². The highest BCUT2D eigenvalue weighted by Crippen LogP contribution is 2.16. The number of carbonyl (C=O) groups is 1. The van der Waals surface area contributed by atoms with Crippen molar-refractivity contribution in [1.29, 1.82) is 0 Å². The van der Waals surface area contributed by atoms with Gasteiger partial charge in [-0.1, -0.05) is 17.7 Å². The van der Waals surface area contributed by atoms with Gasteiger partial charge < -0.3 is 9.72 Å². The number of hydrogen-bond acceptors (Lipinski definition) is 2. The van der Waals surface area contributed by atoms with Gasteiger partial charge in [0.2, 0.25) is 0 Å². The predicted molar refractivity (Wildman–Crippen MR) is 74.6 cm³/mol. The van der Waals surface area contributed by atoms with Crippen LogP contribution in [0.25, 0.3) is 5.65 Å². The van der Waals surface area contributed by atoms with Gasteiger partial charge in [0.25, 0.3) is 5.91 Å². The number of aromatic nitrogens is 2. The van der Waals surface area contributed by atoms with Gasteiger partial charge in [-0.3, -0.25) is 4.79 Å². The first-order valence-electron chi connectivity index (χ1n) is 5.72. The van der Waals surface area contributed by atoms with E-state index in [4.69, 9.17) is 11.6 Å². The van der Waals surface area contributed by atoms with Crippen LogP contribution in [-0.4, -0.2) is 15.3 Å². The molecule has 0 bridgehead atoms. The first-order valence-corrected chi connectivity index (χ1v) is 6.10. The van der Waals surface area contributed by atoms with Gasteiger partial charge in [0.1, 0.15) is 5.65 Å². The maximum atomic E-state index is 12.1. The number of anilines is 1. The zero-order valence-electron chi connectivity index (χ0n) is 9.88. The fourth-order valence-corrected chi connectivity index (χ4v) is 2.01. The van der Waals surface area contributed by atoms with E-state index in [-0.39, 0.29) is 5.91 Å². The molecule has 5 heteroatoms. The highest BCUT2D eigenvalue weighted by molar-refractivity contribution is 6.30. The number of halogens is 1. The Kier molecular flexibility index (Phi) is 2.93. The summed E-state index contributed by atoms with van der Waals surface area (Å²) in [5.74, 6) is -0.183. The molecule has 1 amide bonds. The van der Waals surface area contributed by atoms with Gasteiger partial charge in [0, 0.05) is 29.3 Å². The molecule has 1 N–H and O–H groups in total. The number of carbonyl (C=O) groups excluding carboxylic acids is 1. The minimum atomic E-state index is -0.183. The van der Waals surface area contributed by atoms with Crippen LogP contribution in [0.2, 0.25) is 5.02 Å². The lowest BCUT2D eigenvalue weighted by molar-refractivity contribution is 0.102. The molecule has 4 nitrogen and oxygen atoms in total. The van der Waals surface area contributed by atoms with E-state index in [1.54, 1.807) is 59.4 Å². The number of fused-ring (bicyclic) bond motifs is 1. The van der Waals surface area contributed by atoms with E-state index < -0.39 is 0 Å². The van der Waals surface area contributed by atoms with Crippen molar-refractivity contribution in [2.45, 2.75) is 0 Å². The number of benzene rings is 1. The van der Waals surface area contributed by atoms with Crippen LogP contribution in [0.3, 0.4) is 0 Å². The summed E-state index contributed by atoms with van der Waals surface area (Å²) in [7, 11) is 0. The maximum absolute atomic E-state index is 12.1. The molecule has 0 aliphatic rings. The van der Waals surface area contributed by atoms with Crippen molar-refractivity contribution in [3.05, 3.63) is 65.6 Å². The summed E-state index contributed by atoms with van der Waals surface area (Å²) in [6.07, 6.45) is 5.22. The molecule has 19 heavy (non-hydrogen) atoms. The van der Waals surface area contributed by atoms with E-state index in [0.717, 1.165) is 5.65 Å². The van der Waals surface area contributed by atoms with Crippen LogP contribution in [0, 0.1) is 0 Å². The van der Waals surface area contributed by atoms with Crippen LogP contribution in [-0.2, 0) is 0 Å². The molecular formula is C14H10ClN3O. The molecule has 2 aromatic heterocycles. The fraction of sp³-hybridized carbons (Fsp3) is 0. The maximum Gasteiger partial charge on any atom is 0.257 e. The number of pyridine rings is 1. The molecular weight excluding hydrogens is 262 g/mol. The molecule has 0 aliphatic heterocycles. The SMILES string of the molecule is O=C(Nc1cccc(Cl)c1)c1ccc2nccn2c1. The number of nitrogens with zero attached hydrogens (tertiary/aromatic N) is 2. The molecule has 0 atom stereocenters. The molecule has 0 saturated heterocycles. The number of nitrogens with one attached hydrogen (secondary N) is 1.